The van der Waals surface area contributed by atoms with E-state index in [-0.39, 0.29) is 5.57 Å². The van der Waals surface area contributed by atoms with Gasteiger partial charge in [0.15, 0.2) is 0 Å². The molecule has 0 saturated carbocycles. The molecule has 3 N–H and O–H groups in total. The molecule has 0 aromatic heterocycles. The number of aliphatic carboxylic acids is 1. The zero-order valence-corrected chi connectivity index (χ0v) is 18.2. The molecule has 0 aliphatic carbocycles. The highest BCUT2D eigenvalue weighted by Crippen LogP contribution is 2.10. The molecular formula is C22H46O5. The molecule has 0 atom stereocenters. The quantitative estimate of drug-likeness (QED) is 0.244. The summed E-state index contributed by atoms with van der Waals surface area (Å²) in [5, 5.41) is 25.0. The number of carbonyl (C=O) groups is 1. The van der Waals surface area contributed by atoms with Gasteiger partial charge in [0.2, 0.25) is 0 Å². The van der Waals surface area contributed by atoms with Crippen LogP contribution in [0.3, 0.4) is 0 Å². The van der Waals surface area contributed by atoms with Gasteiger partial charge in [0.1, 0.15) is 0 Å². The Hall–Kier alpha value is -0.910. The average Bonchev–Trinajstić information content (AvgIpc) is 2.65. The van der Waals surface area contributed by atoms with Crippen molar-refractivity contribution < 1.29 is 24.9 Å². The molecule has 0 saturated heterocycles. The van der Waals surface area contributed by atoms with Crippen molar-refractivity contribution in [3.05, 3.63) is 12.2 Å². The minimum absolute atomic E-state index is 0.176. The number of hydrogen-bond donors (Lipinski definition) is 3. The molecule has 0 aromatic carbocycles. The van der Waals surface area contributed by atoms with Crippen molar-refractivity contribution in [2.75, 3.05) is 26.4 Å². The topological polar surface area (TPSA) is 87.0 Å². The molecule has 27 heavy (non-hydrogen) atoms. The summed E-state index contributed by atoms with van der Waals surface area (Å²) in [5.41, 5.74) is 0.176. The lowest BCUT2D eigenvalue weighted by Gasteiger charge is -2.01. The largest absolute Gasteiger partial charge is 0.478 e. The van der Waals surface area contributed by atoms with Crippen molar-refractivity contribution in [3.8, 4) is 0 Å². The van der Waals surface area contributed by atoms with Gasteiger partial charge in [0, 0.05) is 32.0 Å². The number of rotatable bonds is 16. The van der Waals surface area contributed by atoms with Crippen molar-refractivity contribution in [1.82, 2.24) is 0 Å². The number of aliphatic hydroxyl groups excluding tert-OH is 2. The first-order valence-electron chi connectivity index (χ1n) is 10.7. The summed E-state index contributed by atoms with van der Waals surface area (Å²) >= 11 is 0. The number of carboxylic acids is 1. The fourth-order valence-electron chi connectivity index (χ4n) is 2.03. The van der Waals surface area contributed by atoms with Crippen LogP contribution in [0.1, 0.15) is 97.8 Å². The van der Waals surface area contributed by atoms with Crippen LogP contribution in [0.25, 0.3) is 0 Å². The maximum absolute atomic E-state index is 9.60. The zero-order valence-electron chi connectivity index (χ0n) is 18.2. The molecule has 0 aromatic rings. The van der Waals surface area contributed by atoms with Gasteiger partial charge in [-0.05, 0) is 32.6 Å². The van der Waals surface area contributed by atoms with Gasteiger partial charge < -0.3 is 20.1 Å². The van der Waals surface area contributed by atoms with E-state index >= 15 is 0 Å². The van der Waals surface area contributed by atoms with Crippen LogP contribution in [0.5, 0.6) is 0 Å². The summed E-state index contributed by atoms with van der Waals surface area (Å²) in [6, 6.07) is 0. The Morgan fingerprint density at radius 2 is 1.00 bits per heavy atom. The Balaban J connectivity index is -0.000000369. The maximum Gasteiger partial charge on any atom is 0.330 e. The molecule has 0 amide bonds. The number of ether oxygens (including phenoxy) is 1. The summed E-state index contributed by atoms with van der Waals surface area (Å²) in [7, 11) is 0. The molecule has 0 aliphatic rings. The second-order valence-corrected chi connectivity index (χ2v) is 6.68. The van der Waals surface area contributed by atoms with Crippen LogP contribution in [0, 0.1) is 0 Å². The Labute approximate surface area is 167 Å². The lowest BCUT2D eigenvalue weighted by Crippen LogP contribution is -1.92. The standard InChI is InChI=1S/C12H26O2.C6H14O.C4H6O2/c13-11-9-7-5-3-1-2-4-6-8-10-12-14;1-3-5-7-6-4-2;1-3(2)4(5)6/h13-14H,1-12H2;3-6H2,1-2H3;1H2,2H3,(H,5,6). The first-order chi connectivity index (χ1) is 13.0. The summed E-state index contributed by atoms with van der Waals surface area (Å²) in [4.78, 5) is 9.60. The lowest BCUT2D eigenvalue weighted by molar-refractivity contribution is -0.132. The molecule has 0 unspecified atom stereocenters. The van der Waals surface area contributed by atoms with Crippen LogP contribution in [-0.4, -0.2) is 47.7 Å². The molecule has 0 aliphatic heterocycles. The van der Waals surface area contributed by atoms with Crippen LogP contribution in [0.2, 0.25) is 0 Å². The fourth-order valence-corrected chi connectivity index (χ4v) is 2.03. The van der Waals surface area contributed by atoms with Gasteiger partial charge in [0.05, 0.1) is 0 Å². The molecule has 5 nitrogen and oxygen atoms in total. The molecule has 0 fully saturated rings. The van der Waals surface area contributed by atoms with Crippen molar-refractivity contribution in [2.24, 2.45) is 0 Å². The summed E-state index contributed by atoms with van der Waals surface area (Å²) < 4.78 is 5.13. The summed E-state index contributed by atoms with van der Waals surface area (Å²) in [6.07, 6.45) is 14.4. The van der Waals surface area contributed by atoms with Crippen LogP contribution < -0.4 is 0 Å². The predicted molar refractivity (Wildman–Crippen MR) is 114 cm³/mol. The first kappa shape index (κ1) is 30.8. The highest BCUT2D eigenvalue weighted by Gasteiger charge is 1.92. The van der Waals surface area contributed by atoms with Gasteiger partial charge in [-0.2, -0.15) is 0 Å². The normalized spacial score (nSPS) is 9.67. The van der Waals surface area contributed by atoms with E-state index in [2.05, 4.69) is 20.4 Å². The molecule has 164 valence electrons. The first-order valence-corrected chi connectivity index (χ1v) is 10.7. The molecule has 0 spiro atoms. The van der Waals surface area contributed by atoms with E-state index in [1.165, 1.54) is 58.3 Å². The predicted octanol–water partition coefficient (Wildman–Crippen LogP) is 5.34. The van der Waals surface area contributed by atoms with E-state index in [4.69, 9.17) is 20.1 Å². The van der Waals surface area contributed by atoms with E-state index in [0.29, 0.717) is 13.2 Å². The molecular weight excluding hydrogens is 344 g/mol. The molecule has 0 radical (unpaired) electrons. The number of aliphatic hydroxyl groups is 2. The highest BCUT2D eigenvalue weighted by atomic mass is 16.5. The van der Waals surface area contributed by atoms with Gasteiger partial charge in [-0.15, -0.1) is 0 Å². The molecule has 0 heterocycles. The number of unbranched alkanes of at least 4 members (excludes halogenated alkanes) is 9. The van der Waals surface area contributed by atoms with Crippen molar-refractivity contribution in [3.63, 3.8) is 0 Å². The SMILES string of the molecule is C=C(C)C(=O)O.CCCOCCC.OCCCCCCCCCCCCO. The smallest absolute Gasteiger partial charge is 0.330 e. The Kier molecular flexibility index (Phi) is 34.0. The number of hydrogen-bond acceptors (Lipinski definition) is 4. The minimum Gasteiger partial charge on any atom is -0.478 e. The lowest BCUT2D eigenvalue weighted by atomic mass is 10.1. The van der Waals surface area contributed by atoms with Crippen LogP contribution >= 0.6 is 0 Å². The molecule has 0 rings (SSSR count). The van der Waals surface area contributed by atoms with Gasteiger partial charge in [-0.25, -0.2) is 4.79 Å². The van der Waals surface area contributed by atoms with Gasteiger partial charge in [0.25, 0.3) is 0 Å². The summed E-state index contributed by atoms with van der Waals surface area (Å²) in [6.45, 7) is 11.4. The molecule has 5 heteroatoms. The minimum atomic E-state index is -0.935. The fraction of sp³-hybridized carbons (Fsp3) is 0.864. The van der Waals surface area contributed by atoms with E-state index in [1.54, 1.807) is 0 Å². The molecule has 0 bridgehead atoms. The van der Waals surface area contributed by atoms with E-state index in [9.17, 15) is 4.79 Å². The van der Waals surface area contributed by atoms with Crippen LogP contribution in [-0.2, 0) is 9.53 Å². The second kappa shape index (κ2) is 29.8. The maximum atomic E-state index is 9.60. The monoisotopic (exact) mass is 390 g/mol. The van der Waals surface area contributed by atoms with E-state index in [1.807, 2.05) is 0 Å². The summed E-state index contributed by atoms with van der Waals surface area (Å²) in [5.74, 6) is -0.935. The highest BCUT2D eigenvalue weighted by molar-refractivity contribution is 5.84. The average molecular weight is 391 g/mol. The van der Waals surface area contributed by atoms with Gasteiger partial charge >= 0.3 is 5.97 Å². The van der Waals surface area contributed by atoms with E-state index in [0.717, 1.165) is 38.9 Å². The van der Waals surface area contributed by atoms with Crippen molar-refractivity contribution in [1.29, 1.82) is 0 Å². The van der Waals surface area contributed by atoms with Crippen LogP contribution in [0.15, 0.2) is 12.2 Å². The van der Waals surface area contributed by atoms with E-state index < -0.39 is 5.97 Å². The Morgan fingerprint density at radius 1 is 0.741 bits per heavy atom. The van der Waals surface area contributed by atoms with Gasteiger partial charge in [-0.3, -0.25) is 0 Å². The third-order valence-electron chi connectivity index (χ3n) is 3.63. The third kappa shape index (κ3) is 40.9. The Bertz CT molecular complexity index is 264. The van der Waals surface area contributed by atoms with Crippen LogP contribution in [0.4, 0.5) is 0 Å². The Morgan fingerprint density at radius 3 is 1.19 bits per heavy atom. The third-order valence-corrected chi connectivity index (χ3v) is 3.63. The number of carboxylic acid groups (broad SMARTS) is 1. The zero-order chi connectivity index (χ0) is 21.2. The van der Waals surface area contributed by atoms with Crippen molar-refractivity contribution in [2.45, 2.75) is 97.8 Å². The van der Waals surface area contributed by atoms with Crippen molar-refractivity contribution >= 4 is 5.97 Å². The van der Waals surface area contributed by atoms with Gasteiger partial charge in [-0.1, -0.05) is 71.8 Å². The second-order valence-electron chi connectivity index (χ2n) is 6.68.